The van der Waals surface area contributed by atoms with Gasteiger partial charge in [-0.1, -0.05) is 15.9 Å². The van der Waals surface area contributed by atoms with Crippen LogP contribution in [-0.2, 0) is 4.74 Å². The molecule has 1 heterocycles. The first-order chi connectivity index (χ1) is 8.45. The molecule has 0 unspecified atom stereocenters. The Kier molecular flexibility index (Phi) is 3.43. The van der Waals surface area contributed by atoms with Crippen molar-refractivity contribution in [2.45, 2.75) is 19.9 Å². The van der Waals surface area contributed by atoms with Crippen molar-refractivity contribution >= 4 is 32.8 Å². The van der Waals surface area contributed by atoms with Crippen molar-refractivity contribution in [3.8, 4) is 0 Å². The first-order valence-corrected chi connectivity index (χ1v) is 6.33. The fourth-order valence-electron chi connectivity index (χ4n) is 2.00. The summed E-state index contributed by atoms with van der Waals surface area (Å²) < 4.78 is 21.2. The molecule has 0 aliphatic rings. The second-order valence-corrected chi connectivity index (χ2v) is 5.23. The van der Waals surface area contributed by atoms with Gasteiger partial charge in [0.2, 0.25) is 0 Å². The minimum Gasteiger partial charge on any atom is -0.465 e. The van der Waals surface area contributed by atoms with Gasteiger partial charge in [-0.2, -0.15) is 0 Å². The smallest absolute Gasteiger partial charge is 0.338 e. The second-order valence-electron chi connectivity index (χ2n) is 4.32. The van der Waals surface area contributed by atoms with E-state index < -0.39 is 11.8 Å². The van der Waals surface area contributed by atoms with Crippen LogP contribution in [0.4, 0.5) is 4.39 Å². The number of ether oxygens (including phenoxy) is 1. The number of benzene rings is 1. The highest BCUT2D eigenvalue weighted by molar-refractivity contribution is 9.10. The predicted molar refractivity (Wildman–Crippen MR) is 71.3 cm³/mol. The van der Waals surface area contributed by atoms with Crippen LogP contribution in [0.15, 0.2) is 22.8 Å². The molecule has 2 rings (SSSR count). The van der Waals surface area contributed by atoms with Gasteiger partial charge in [-0.15, -0.1) is 0 Å². The minimum absolute atomic E-state index is 0.108. The summed E-state index contributed by atoms with van der Waals surface area (Å²) in [6.07, 6.45) is 1.41. The van der Waals surface area contributed by atoms with Crippen molar-refractivity contribution in [1.29, 1.82) is 0 Å². The molecule has 0 amide bonds. The van der Waals surface area contributed by atoms with Gasteiger partial charge >= 0.3 is 5.97 Å². The average molecular weight is 314 g/mol. The number of halogens is 2. The van der Waals surface area contributed by atoms with Gasteiger partial charge in [-0.25, -0.2) is 9.18 Å². The molecule has 18 heavy (non-hydrogen) atoms. The van der Waals surface area contributed by atoms with E-state index in [1.54, 1.807) is 16.7 Å². The van der Waals surface area contributed by atoms with Crippen LogP contribution in [0.1, 0.15) is 30.2 Å². The Morgan fingerprint density at radius 3 is 2.67 bits per heavy atom. The van der Waals surface area contributed by atoms with E-state index in [1.165, 1.54) is 13.3 Å². The summed E-state index contributed by atoms with van der Waals surface area (Å²) in [4.78, 5) is 11.7. The highest BCUT2D eigenvalue weighted by atomic mass is 79.9. The highest BCUT2D eigenvalue weighted by Crippen LogP contribution is 2.30. The normalized spacial score (nSPS) is 11.2. The zero-order valence-electron chi connectivity index (χ0n) is 10.3. The van der Waals surface area contributed by atoms with E-state index in [9.17, 15) is 9.18 Å². The van der Waals surface area contributed by atoms with E-state index in [-0.39, 0.29) is 11.6 Å². The van der Waals surface area contributed by atoms with Gasteiger partial charge in [0, 0.05) is 16.7 Å². The van der Waals surface area contributed by atoms with E-state index in [1.807, 2.05) is 13.8 Å². The Balaban J connectivity index is 2.84. The van der Waals surface area contributed by atoms with Gasteiger partial charge in [0.15, 0.2) is 0 Å². The van der Waals surface area contributed by atoms with Crippen LogP contribution in [0.5, 0.6) is 0 Å². The van der Waals surface area contributed by atoms with Crippen LogP contribution in [0, 0.1) is 5.82 Å². The maximum Gasteiger partial charge on any atom is 0.338 e. The number of carbonyl (C=O) groups is 1. The summed E-state index contributed by atoms with van der Waals surface area (Å²) in [6.45, 7) is 3.91. The molecule has 3 nitrogen and oxygen atoms in total. The first kappa shape index (κ1) is 13.1. The molecule has 0 aliphatic carbocycles. The quantitative estimate of drug-likeness (QED) is 0.787. The van der Waals surface area contributed by atoms with E-state index in [4.69, 9.17) is 0 Å². The zero-order chi connectivity index (χ0) is 13.4. The lowest BCUT2D eigenvalue weighted by atomic mass is 10.1. The SMILES string of the molecule is COC(=O)c1cc(Br)cc2c1c(F)cn2C(C)C. The molecule has 0 fully saturated rings. The molecule has 0 saturated carbocycles. The van der Waals surface area contributed by atoms with Crippen molar-refractivity contribution in [2.75, 3.05) is 7.11 Å². The summed E-state index contributed by atoms with van der Waals surface area (Å²) >= 11 is 3.33. The van der Waals surface area contributed by atoms with Gasteiger partial charge in [0.05, 0.1) is 23.6 Å². The monoisotopic (exact) mass is 313 g/mol. The third kappa shape index (κ3) is 2.03. The lowest BCUT2D eigenvalue weighted by molar-refractivity contribution is 0.0602. The fraction of sp³-hybridized carbons (Fsp3) is 0.308. The second kappa shape index (κ2) is 4.72. The van der Waals surface area contributed by atoms with E-state index in [0.717, 1.165) is 4.47 Å². The van der Waals surface area contributed by atoms with Gasteiger partial charge in [-0.3, -0.25) is 0 Å². The zero-order valence-corrected chi connectivity index (χ0v) is 11.9. The van der Waals surface area contributed by atoms with Gasteiger partial charge in [-0.05, 0) is 26.0 Å². The van der Waals surface area contributed by atoms with Crippen molar-refractivity contribution in [3.05, 3.63) is 34.2 Å². The molecule has 0 aliphatic heterocycles. The maximum absolute atomic E-state index is 14.0. The molecule has 0 spiro atoms. The summed E-state index contributed by atoms with van der Waals surface area (Å²) in [5.74, 6) is -0.951. The number of hydrogen-bond donors (Lipinski definition) is 0. The summed E-state index contributed by atoms with van der Waals surface area (Å²) in [5.41, 5.74) is 0.913. The molecular weight excluding hydrogens is 301 g/mol. The van der Waals surface area contributed by atoms with E-state index in [2.05, 4.69) is 20.7 Å². The number of nitrogens with zero attached hydrogens (tertiary/aromatic N) is 1. The molecule has 0 atom stereocenters. The van der Waals surface area contributed by atoms with Crippen molar-refractivity contribution in [1.82, 2.24) is 4.57 Å². The fourth-order valence-corrected chi connectivity index (χ4v) is 2.45. The number of hydrogen-bond acceptors (Lipinski definition) is 2. The molecule has 5 heteroatoms. The lowest BCUT2D eigenvalue weighted by Gasteiger charge is -2.10. The van der Waals surface area contributed by atoms with Crippen molar-refractivity contribution in [2.24, 2.45) is 0 Å². The largest absolute Gasteiger partial charge is 0.465 e. The van der Waals surface area contributed by atoms with Crippen molar-refractivity contribution in [3.63, 3.8) is 0 Å². The Labute approximate surface area is 113 Å². The van der Waals surface area contributed by atoms with Gasteiger partial charge in [0.1, 0.15) is 5.82 Å². The summed E-state index contributed by atoms with van der Waals surface area (Å²) in [5, 5.41) is 0.304. The van der Waals surface area contributed by atoms with Crippen LogP contribution in [0.3, 0.4) is 0 Å². The standard InChI is InChI=1S/C13H13BrFNO2/c1-7(2)16-6-10(15)12-9(13(17)18-3)4-8(14)5-11(12)16/h4-7H,1-3H3. The molecule has 0 saturated heterocycles. The van der Waals surface area contributed by atoms with Crippen LogP contribution in [0.2, 0.25) is 0 Å². The molecule has 0 bridgehead atoms. The number of carbonyl (C=O) groups excluding carboxylic acids is 1. The van der Waals surface area contributed by atoms with Crippen LogP contribution < -0.4 is 0 Å². The van der Waals surface area contributed by atoms with E-state index in [0.29, 0.717) is 10.9 Å². The van der Waals surface area contributed by atoms with Crippen molar-refractivity contribution < 1.29 is 13.9 Å². The Morgan fingerprint density at radius 1 is 1.44 bits per heavy atom. The summed E-state index contributed by atoms with van der Waals surface area (Å²) in [6, 6.07) is 3.48. The number of aromatic nitrogens is 1. The summed E-state index contributed by atoms with van der Waals surface area (Å²) in [7, 11) is 1.28. The maximum atomic E-state index is 14.0. The third-order valence-corrected chi connectivity index (χ3v) is 3.27. The number of rotatable bonds is 2. The van der Waals surface area contributed by atoms with Crippen LogP contribution in [0.25, 0.3) is 10.9 Å². The lowest BCUT2D eigenvalue weighted by Crippen LogP contribution is -2.03. The number of fused-ring (bicyclic) bond motifs is 1. The predicted octanol–water partition coefficient (Wildman–Crippen LogP) is 3.91. The highest BCUT2D eigenvalue weighted by Gasteiger charge is 2.19. The topological polar surface area (TPSA) is 31.2 Å². The molecule has 1 aromatic carbocycles. The van der Waals surface area contributed by atoms with Gasteiger partial charge < -0.3 is 9.30 Å². The molecule has 2 aromatic rings. The molecule has 0 N–H and O–H groups in total. The molecule has 96 valence electrons. The Hall–Kier alpha value is -1.36. The molecular formula is C13H13BrFNO2. The van der Waals surface area contributed by atoms with Gasteiger partial charge in [0.25, 0.3) is 0 Å². The minimum atomic E-state index is -0.540. The van der Waals surface area contributed by atoms with E-state index >= 15 is 0 Å². The average Bonchev–Trinajstić information content (AvgIpc) is 2.64. The number of esters is 1. The molecule has 0 radical (unpaired) electrons. The first-order valence-electron chi connectivity index (χ1n) is 5.53. The third-order valence-electron chi connectivity index (χ3n) is 2.81. The molecule has 1 aromatic heterocycles. The number of methoxy groups -OCH3 is 1. The van der Waals surface area contributed by atoms with Crippen LogP contribution in [-0.4, -0.2) is 17.6 Å². The Morgan fingerprint density at radius 2 is 2.11 bits per heavy atom. The Bertz CT molecular complexity index is 619. The van der Waals surface area contributed by atoms with Crippen LogP contribution >= 0.6 is 15.9 Å².